The first kappa shape index (κ1) is 18.4. The molecule has 0 bridgehead atoms. The molecule has 1 aromatic carbocycles. The molecule has 150 valence electrons. The first-order valence-corrected chi connectivity index (χ1v) is 10.7. The minimum atomic E-state index is 0.0984. The number of carbonyl (C=O) groups excluding carboxylic acids is 1. The Morgan fingerprint density at radius 1 is 1.28 bits per heavy atom. The van der Waals surface area contributed by atoms with E-state index in [0.717, 1.165) is 30.5 Å². The van der Waals surface area contributed by atoms with E-state index >= 15 is 0 Å². The zero-order valence-electron chi connectivity index (χ0n) is 16.9. The Morgan fingerprint density at radius 2 is 2.14 bits per heavy atom. The predicted octanol–water partition coefficient (Wildman–Crippen LogP) is 4.13. The van der Waals surface area contributed by atoms with Crippen LogP contribution in [0.3, 0.4) is 0 Å². The average Bonchev–Trinajstić information content (AvgIpc) is 3.35. The Hall–Kier alpha value is -2.66. The van der Waals surface area contributed by atoms with Gasteiger partial charge in [-0.2, -0.15) is 0 Å². The molecule has 5 nitrogen and oxygen atoms in total. The van der Waals surface area contributed by atoms with Crippen LogP contribution in [0.1, 0.15) is 48.7 Å². The number of hydrogen-bond donors (Lipinski definition) is 2. The second-order valence-corrected chi connectivity index (χ2v) is 8.48. The highest BCUT2D eigenvalue weighted by Crippen LogP contribution is 2.55. The standard InChI is InChI=1S/C24H28N4O/c1-2-28(23(29)21-14-20-19(27-21)10-7-13-25-20)22-11-6-12-24(15-18(22)24)26-16-17-8-4-3-5-9-17/h3-5,7-10,13-14,18,22,26-27H,2,6,11-12,15-16H2,1H3/t18-,22+,24+/m1/s1. The van der Waals surface area contributed by atoms with Crippen LogP contribution in [0.25, 0.3) is 11.0 Å². The smallest absolute Gasteiger partial charge is 0.270 e. The van der Waals surface area contributed by atoms with Crippen LogP contribution < -0.4 is 5.32 Å². The number of nitrogens with one attached hydrogen (secondary N) is 2. The number of aromatic nitrogens is 2. The lowest BCUT2D eigenvalue weighted by molar-refractivity contribution is 0.0608. The van der Waals surface area contributed by atoms with E-state index in [2.05, 4.69) is 57.4 Å². The van der Waals surface area contributed by atoms with Crippen molar-refractivity contribution < 1.29 is 4.79 Å². The molecule has 2 aliphatic rings. The molecule has 29 heavy (non-hydrogen) atoms. The van der Waals surface area contributed by atoms with Gasteiger partial charge in [-0.1, -0.05) is 30.3 Å². The Bertz CT molecular complexity index is 981. The maximum absolute atomic E-state index is 13.3. The maximum atomic E-state index is 13.3. The fraction of sp³-hybridized carbons (Fsp3) is 0.417. The first-order chi connectivity index (χ1) is 14.2. The summed E-state index contributed by atoms with van der Waals surface area (Å²) in [5, 5.41) is 3.84. The Labute approximate surface area is 171 Å². The number of carbonyl (C=O) groups is 1. The molecule has 5 heteroatoms. The number of fused-ring (bicyclic) bond motifs is 2. The molecule has 2 N–H and O–H groups in total. The van der Waals surface area contributed by atoms with Gasteiger partial charge in [0.15, 0.2) is 0 Å². The molecular weight excluding hydrogens is 360 g/mol. The summed E-state index contributed by atoms with van der Waals surface area (Å²) in [6.45, 7) is 3.73. The van der Waals surface area contributed by atoms with Crippen molar-refractivity contribution in [1.29, 1.82) is 0 Å². The fourth-order valence-electron chi connectivity index (χ4n) is 5.25. The number of rotatable bonds is 6. The number of nitrogens with zero attached hydrogens (tertiary/aromatic N) is 2. The van der Waals surface area contributed by atoms with Crippen LogP contribution in [0, 0.1) is 5.92 Å². The van der Waals surface area contributed by atoms with Crippen LogP contribution >= 0.6 is 0 Å². The number of aromatic amines is 1. The van der Waals surface area contributed by atoms with E-state index in [1.165, 1.54) is 24.8 Å². The number of H-pyrrole nitrogens is 1. The highest BCUT2D eigenvalue weighted by molar-refractivity contribution is 5.97. The van der Waals surface area contributed by atoms with Crippen molar-refractivity contribution in [3.05, 3.63) is 66.0 Å². The highest BCUT2D eigenvalue weighted by Gasteiger charge is 2.60. The molecular formula is C24H28N4O. The summed E-state index contributed by atoms with van der Waals surface area (Å²) < 4.78 is 0. The molecule has 2 aromatic heterocycles. The quantitative estimate of drug-likeness (QED) is 0.668. The zero-order chi connectivity index (χ0) is 19.8. The molecule has 2 heterocycles. The topological polar surface area (TPSA) is 61.0 Å². The average molecular weight is 389 g/mol. The molecule has 3 atom stereocenters. The number of hydrogen-bond acceptors (Lipinski definition) is 3. The molecule has 2 aliphatic carbocycles. The summed E-state index contributed by atoms with van der Waals surface area (Å²) >= 11 is 0. The molecule has 0 spiro atoms. The van der Waals surface area contributed by atoms with Gasteiger partial charge in [0.2, 0.25) is 0 Å². The molecule has 2 saturated carbocycles. The van der Waals surface area contributed by atoms with Gasteiger partial charge in [0.1, 0.15) is 5.69 Å². The lowest BCUT2D eigenvalue weighted by Gasteiger charge is -2.37. The lowest BCUT2D eigenvalue weighted by Crippen LogP contribution is -2.48. The minimum absolute atomic E-state index is 0.0984. The third-order valence-electron chi connectivity index (χ3n) is 6.83. The Balaban J connectivity index is 1.32. The van der Waals surface area contributed by atoms with Crippen molar-refractivity contribution in [3.63, 3.8) is 0 Å². The Morgan fingerprint density at radius 3 is 2.93 bits per heavy atom. The van der Waals surface area contributed by atoms with Crippen molar-refractivity contribution >= 4 is 16.9 Å². The second kappa shape index (κ2) is 7.30. The van der Waals surface area contributed by atoms with Gasteiger partial charge in [0.25, 0.3) is 5.91 Å². The molecule has 0 saturated heterocycles. The van der Waals surface area contributed by atoms with Crippen LogP contribution in [0.2, 0.25) is 0 Å². The van der Waals surface area contributed by atoms with Crippen molar-refractivity contribution in [2.75, 3.05) is 6.54 Å². The van der Waals surface area contributed by atoms with E-state index in [4.69, 9.17) is 0 Å². The summed E-state index contributed by atoms with van der Waals surface area (Å²) in [5.74, 6) is 0.646. The largest absolute Gasteiger partial charge is 0.349 e. The van der Waals surface area contributed by atoms with Gasteiger partial charge < -0.3 is 15.2 Å². The van der Waals surface area contributed by atoms with Gasteiger partial charge >= 0.3 is 0 Å². The molecule has 5 rings (SSSR count). The van der Waals surface area contributed by atoms with E-state index in [0.29, 0.717) is 17.7 Å². The number of amides is 1. The summed E-state index contributed by atoms with van der Waals surface area (Å²) in [6.07, 6.45) is 6.41. The van der Waals surface area contributed by atoms with Crippen molar-refractivity contribution in [2.24, 2.45) is 5.92 Å². The monoisotopic (exact) mass is 388 g/mol. The maximum Gasteiger partial charge on any atom is 0.270 e. The van der Waals surface area contributed by atoms with Crippen LogP contribution in [-0.4, -0.2) is 38.9 Å². The first-order valence-electron chi connectivity index (χ1n) is 10.7. The summed E-state index contributed by atoms with van der Waals surface area (Å²) in [4.78, 5) is 23.0. The van der Waals surface area contributed by atoms with E-state index in [1.54, 1.807) is 6.20 Å². The highest BCUT2D eigenvalue weighted by atomic mass is 16.2. The molecule has 0 radical (unpaired) electrons. The Kier molecular flexibility index (Phi) is 4.63. The van der Waals surface area contributed by atoms with Gasteiger partial charge in [0.05, 0.1) is 11.0 Å². The zero-order valence-corrected chi connectivity index (χ0v) is 16.9. The van der Waals surface area contributed by atoms with E-state index in [1.807, 2.05) is 18.2 Å². The van der Waals surface area contributed by atoms with Crippen molar-refractivity contribution in [1.82, 2.24) is 20.2 Å². The second-order valence-electron chi connectivity index (χ2n) is 8.48. The van der Waals surface area contributed by atoms with Crippen LogP contribution in [0.5, 0.6) is 0 Å². The SMILES string of the molecule is CCN(C(=O)c1cc2ncccc2[nH]1)[C@H]1CCC[C@]2(NCc3ccccc3)C[C@H]12. The van der Waals surface area contributed by atoms with Crippen LogP contribution in [0.4, 0.5) is 0 Å². The van der Waals surface area contributed by atoms with Crippen LogP contribution in [-0.2, 0) is 6.54 Å². The van der Waals surface area contributed by atoms with Gasteiger partial charge in [-0.05, 0) is 62.3 Å². The van der Waals surface area contributed by atoms with Crippen molar-refractivity contribution in [2.45, 2.75) is 50.7 Å². The summed E-state index contributed by atoms with van der Waals surface area (Å²) in [5.41, 5.74) is 3.94. The van der Waals surface area contributed by atoms with E-state index in [-0.39, 0.29) is 11.4 Å². The van der Waals surface area contributed by atoms with E-state index < -0.39 is 0 Å². The molecule has 1 amide bonds. The summed E-state index contributed by atoms with van der Waals surface area (Å²) in [6, 6.07) is 16.6. The lowest BCUT2D eigenvalue weighted by atomic mass is 9.89. The van der Waals surface area contributed by atoms with Gasteiger partial charge in [-0.3, -0.25) is 9.78 Å². The fourth-order valence-corrected chi connectivity index (χ4v) is 5.25. The predicted molar refractivity (Wildman–Crippen MR) is 115 cm³/mol. The number of benzene rings is 1. The van der Waals surface area contributed by atoms with Gasteiger partial charge in [0, 0.05) is 30.9 Å². The molecule has 3 aromatic rings. The van der Waals surface area contributed by atoms with Crippen molar-refractivity contribution in [3.8, 4) is 0 Å². The van der Waals surface area contributed by atoms with Gasteiger partial charge in [-0.25, -0.2) is 0 Å². The third kappa shape index (κ3) is 3.33. The third-order valence-corrected chi connectivity index (χ3v) is 6.83. The number of pyridine rings is 1. The molecule has 0 unspecified atom stereocenters. The summed E-state index contributed by atoms with van der Waals surface area (Å²) in [7, 11) is 0. The minimum Gasteiger partial charge on any atom is -0.349 e. The van der Waals surface area contributed by atoms with Crippen LogP contribution in [0.15, 0.2) is 54.7 Å². The molecule has 2 fully saturated rings. The van der Waals surface area contributed by atoms with E-state index in [9.17, 15) is 4.79 Å². The molecule has 0 aliphatic heterocycles. The van der Waals surface area contributed by atoms with Gasteiger partial charge in [-0.15, -0.1) is 0 Å². The normalized spacial score (nSPS) is 25.6.